The largest absolute Gasteiger partial charge is 0.223 e. The van der Waals surface area contributed by atoms with Gasteiger partial charge in [-0.25, -0.2) is 0 Å². The van der Waals surface area contributed by atoms with Gasteiger partial charge in [-0.15, -0.1) is 22.7 Å². The third-order valence-corrected chi connectivity index (χ3v) is 8.07. The van der Waals surface area contributed by atoms with Crippen molar-refractivity contribution in [2.75, 3.05) is 0 Å². The van der Waals surface area contributed by atoms with Crippen LogP contribution in [0.15, 0.2) is 72.9 Å². The van der Waals surface area contributed by atoms with E-state index in [1.807, 2.05) is 22.7 Å². The fraction of sp³-hybridized carbons (Fsp3) is 0.0800. The van der Waals surface area contributed by atoms with Crippen molar-refractivity contribution in [3.05, 3.63) is 78.5 Å². The maximum absolute atomic E-state index is 2.39. The van der Waals surface area contributed by atoms with Crippen LogP contribution in [0.4, 0.5) is 0 Å². The maximum atomic E-state index is 2.39. The van der Waals surface area contributed by atoms with Crippen molar-refractivity contribution in [2.45, 2.75) is 6.92 Å². The van der Waals surface area contributed by atoms with Crippen LogP contribution in [0.2, 0.25) is 0 Å². The van der Waals surface area contributed by atoms with Crippen molar-refractivity contribution in [2.24, 2.45) is 7.05 Å². The first-order chi connectivity index (χ1) is 13.7. The van der Waals surface area contributed by atoms with Crippen LogP contribution in [0.3, 0.4) is 0 Å². The van der Waals surface area contributed by atoms with E-state index in [2.05, 4.69) is 91.5 Å². The third kappa shape index (κ3) is 2.27. The number of aromatic nitrogens is 1. The van der Waals surface area contributed by atoms with Crippen LogP contribution in [0.1, 0.15) is 5.56 Å². The maximum Gasteiger partial charge on any atom is 0.223 e. The number of thiophene rings is 2. The lowest BCUT2D eigenvalue weighted by molar-refractivity contribution is -0.658. The number of hydrogen-bond donors (Lipinski definition) is 0. The molecule has 0 atom stereocenters. The second kappa shape index (κ2) is 5.87. The third-order valence-electron chi connectivity index (χ3n) is 5.67. The molecule has 0 bridgehead atoms. The van der Waals surface area contributed by atoms with Gasteiger partial charge >= 0.3 is 0 Å². The zero-order valence-electron chi connectivity index (χ0n) is 15.7. The highest BCUT2D eigenvalue weighted by Crippen LogP contribution is 2.40. The summed E-state index contributed by atoms with van der Waals surface area (Å²) in [6, 6.07) is 24.4. The molecule has 0 amide bonds. The van der Waals surface area contributed by atoms with E-state index in [9.17, 15) is 0 Å². The minimum atomic E-state index is 1.29. The predicted molar refractivity (Wildman–Crippen MR) is 124 cm³/mol. The highest BCUT2D eigenvalue weighted by atomic mass is 32.1. The van der Waals surface area contributed by atoms with Crippen molar-refractivity contribution >= 4 is 63.7 Å². The van der Waals surface area contributed by atoms with Gasteiger partial charge in [0.2, 0.25) is 5.69 Å². The van der Waals surface area contributed by atoms with Crippen LogP contribution >= 0.6 is 22.7 Å². The molecule has 0 aliphatic carbocycles. The average molecular weight is 397 g/mol. The van der Waals surface area contributed by atoms with Gasteiger partial charge < -0.3 is 0 Å². The molecule has 6 rings (SSSR count). The summed E-state index contributed by atoms with van der Waals surface area (Å²) < 4.78 is 6.35. The summed E-state index contributed by atoms with van der Waals surface area (Å²) in [6.07, 6.45) is 2.30. The van der Waals surface area contributed by atoms with Crippen molar-refractivity contribution in [3.63, 3.8) is 0 Å². The van der Waals surface area contributed by atoms with Crippen molar-refractivity contribution in [3.8, 4) is 10.6 Å². The number of aryl methyl sites for hydroxylation is 2. The fourth-order valence-electron chi connectivity index (χ4n) is 4.19. The number of hydrogen-bond acceptors (Lipinski definition) is 2. The van der Waals surface area contributed by atoms with Crippen LogP contribution in [0.25, 0.3) is 51.6 Å². The summed E-state index contributed by atoms with van der Waals surface area (Å²) in [5, 5.41) is 6.70. The summed E-state index contributed by atoms with van der Waals surface area (Å²) in [5.74, 6) is 0. The van der Waals surface area contributed by atoms with E-state index in [1.165, 1.54) is 57.2 Å². The van der Waals surface area contributed by atoms with Crippen LogP contribution in [-0.4, -0.2) is 0 Å². The molecule has 0 aliphatic rings. The van der Waals surface area contributed by atoms with Crippen LogP contribution in [-0.2, 0) is 7.05 Å². The van der Waals surface area contributed by atoms with Gasteiger partial charge in [0.1, 0.15) is 11.9 Å². The Bertz CT molecular complexity index is 1530. The molecule has 0 unspecified atom stereocenters. The standard InChI is InChI=1S/C25H18NS2/c1-15-18-9-5-6-10-22(18)28-25(15)21-13-20-19-11-16-7-3-4-8-17(16)12-23(19)27-24(20)14-26(21)2/h3-14H,1-2H3/q+1. The lowest BCUT2D eigenvalue weighted by Crippen LogP contribution is -2.30. The number of fused-ring (bicyclic) bond motifs is 5. The Balaban J connectivity index is 1.68. The van der Waals surface area contributed by atoms with E-state index < -0.39 is 0 Å². The normalized spacial score (nSPS) is 11.9. The number of benzene rings is 3. The second-order valence-electron chi connectivity index (χ2n) is 7.40. The first-order valence-corrected chi connectivity index (χ1v) is 11.1. The molecule has 3 aromatic heterocycles. The summed E-state index contributed by atoms with van der Waals surface area (Å²) in [4.78, 5) is 1.37. The van der Waals surface area contributed by atoms with Crippen molar-refractivity contribution in [1.29, 1.82) is 0 Å². The molecule has 3 heteroatoms. The van der Waals surface area contributed by atoms with E-state index in [0.29, 0.717) is 0 Å². The summed E-state index contributed by atoms with van der Waals surface area (Å²) >= 11 is 3.78. The molecule has 28 heavy (non-hydrogen) atoms. The van der Waals surface area contributed by atoms with Gasteiger partial charge in [-0.05, 0) is 46.8 Å². The van der Waals surface area contributed by atoms with E-state index in [-0.39, 0.29) is 0 Å². The minimum Gasteiger partial charge on any atom is -0.199 e. The van der Waals surface area contributed by atoms with Crippen LogP contribution < -0.4 is 4.57 Å². The lowest BCUT2D eigenvalue weighted by atomic mass is 10.1. The predicted octanol–water partition coefficient (Wildman–Crippen LogP) is 7.22. The molecule has 0 radical (unpaired) electrons. The SMILES string of the molecule is Cc1c(-c2cc3c(c[n+]2C)sc2cc4ccccc4cc23)sc2ccccc12. The second-order valence-corrected chi connectivity index (χ2v) is 9.53. The van der Waals surface area contributed by atoms with Gasteiger partial charge in [-0.1, -0.05) is 42.5 Å². The average Bonchev–Trinajstić information content (AvgIpc) is 3.22. The molecule has 0 aliphatic heterocycles. The molecule has 6 aromatic rings. The molecule has 0 fully saturated rings. The summed E-state index contributed by atoms with van der Waals surface area (Å²) in [6.45, 7) is 2.25. The minimum absolute atomic E-state index is 1.29. The van der Waals surface area contributed by atoms with Crippen LogP contribution in [0.5, 0.6) is 0 Å². The van der Waals surface area contributed by atoms with Crippen LogP contribution in [0, 0.1) is 6.92 Å². The van der Waals surface area contributed by atoms with Gasteiger partial charge in [-0.2, -0.15) is 4.57 Å². The zero-order valence-corrected chi connectivity index (χ0v) is 17.3. The van der Waals surface area contributed by atoms with E-state index in [0.717, 1.165) is 0 Å². The topological polar surface area (TPSA) is 3.88 Å². The highest BCUT2D eigenvalue weighted by Gasteiger charge is 2.20. The van der Waals surface area contributed by atoms with Gasteiger partial charge in [0.25, 0.3) is 0 Å². The van der Waals surface area contributed by atoms with Gasteiger partial charge in [0, 0.05) is 26.2 Å². The van der Waals surface area contributed by atoms with Crippen molar-refractivity contribution in [1.82, 2.24) is 0 Å². The smallest absolute Gasteiger partial charge is 0.199 e. The summed E-state index contributed by atoms with van der Waals surface area (Å²) in [7, 11) is 2.17. The Morgan fingerprint density at radius 1 is 0.679 bits per heavy atom. The highest BCUT2D eigenvalue weighted by molar-refractivity contribution is 7.26. The van der Waals surface area contributed by atoms with E-state index >= 15 is 0 Å². The Morgan fingerprint density at radius 2 is 1.39 bits per heavy atom. The van der Waals surface area contributed by atoms with Crippen molar-refractivity contribution < 1.29 is 4.57 Å². The Labute approximate surface area is 171 Å². The Morgan fingerprint density at radius 3 is 2.21 bits per heavy atom. The lowest BCUT2D eigenvalue weighted by Gasteiger charge is -2.01. The zero-order chi connectivity index (χ0) is 18.8. The molecule has 3 heterocycles. The molecule has 0 spiro atoms. The Kier molecular flexibility index (Phi) is 3.40. The monoisotopic (exact) mass is 396 g/mol. The van der Waals surface area contributed by atoms with Gasteiger partial charge in [-0.3, -0.25) is 0 Å². The molecule has 3 aromatic carbocycles. The first-order valence-electron chi connectivity index (χ1n) is 9.42. The van der Waals surface area contributed by atoms with E-state index in [4.69, 9.17) is 0 Å². The first kappa shape index (κ1) is 16.2. The van der Waals surface area contributed by atoms with E-state index in [1.54, 1.807) is 0 Å². The molecular formula is C25H18NS2+. The quantitative estimate of drug-likeness (QED) is 0.258. The molecule has 0 N–H and O–H groups in total. The number of pyridine rings is 1. The molecule has 0 saturated heterocycles. The number of rotatable bonds is 1. The molecule has 134 valence electrons. The summed E-state index contributed by atoms with van der Waals surface area (Å²) in [5.41, 5.74) is 2.67. The Hall–Kier alpha value is -2.75. The molecule has 1 nitrogen and oxygen atoms in total. The van der Waals surface area contributed by atoms with Gasteiger partial charge in [0.15, 0.2) is 6.20 Å². The molecule has 0 saturated carbocycles. The van der Waals surface area contributed by atoms with Gasteiger partial charge in [0.05, 0.1) is 4.70 Å². The number of nitrogens with zero attached hydrogens (tertiary/aromatic N) is 1. The molecular weight excluding hydrogens is 378 g/mol. The fourth-order valence-corrected chi connectivity index (χ4v) is 6.65.